The van der Waals surface area contributed by atoms with E-state index in [-0.39, 0.29) is 112 Å². The van der Waals surface area contributed by atoms with Crippen molar-refractivity contribution in [3.05, 3.63) is 60.4 Å². The van der Waals surface area contributed by atoms with Gasteiger partial charge < -0.3 is 68.6 Å². The van der Waals surface area contributed by atoms with Crippen molar-refractivity contribution >= 4 is 72.5 Å². The molecule has 0 saturated carbocycles. The van der Waals surface area contributed by atoms with E-state index >= 15 is 0 Å². The second-order valence-electron chi connectivity index (χ2n) is 15.3. The fourth-order valence-electron chi connectivity index (χ4n) is 8.34. The summed E-state index contributed by atoms with van der Waals surface area (Å²) in [4.78, 5) is 52.5. The molecule has 1 aliphatic rings. The monoisotopic (exact) mass is 906 g/mol. The molecule has 0 fully saturated rings. The number of rotatable bonds is 29. The standard InChI is InChI=1S/C47H58N2O16/c1-27-21-30-38-39-31(22-27)47(59-4)45(49-8-12-63-18-20-65-35(55)6-10-61-16-14-58-3)40-32(52)23-28(25-50)36(42(39)40)37-29(26-51)24-33(53)41(43(37)38)46(56)44(30)48-7-11-62-17-19-64-34(54)5-9-60-15-13-57-2/h21,23-24,48-51,56H,5-20,22,25-26H2,1-4H3. The van der Waals surface area contributed by atoms with Crippen molar-refractivity contribution in [1.29, 1.82) is 0 Å². The Labute approximate surface area is 374 Å². The Morgan fingerprint density at radius 3 is 1.60 bits per heavy atom. The molecule has 65 heavy (non-hydrogen) atoms. The number of hydrogen-bond donors (Lipinski definition) is 5. The van der Waals surface area contributed by atoms with Gasteiger partial charge in [0.1, 0.15) is 19.0 Å². The van der Waals surface area contributed by atoms with Crippen LogP contribution in [0, 0.1) is 0 Å². The molecule has 18 nitrogen and oxygen atoms in total. The van der Waals surface area contributed by atoms with Gasteiger partial charge in [-0.1, -0.05) is 11.6 Å². The molecule has 0 atom stereocenters. The third-order valence-electron chi connectivity index (χ3n) is 11.0. The normalized spacial score (nSPS) is 12.4. The van der Waals surface area contributed by atoms with Gasteiger partial charge in [-0.3, -0.25) is 19.2 Å². The highest BCUT2D eigenvalue weighted by molar-refractivity contribution is 6.39. The van der Waals surface area contributed by atoms with E-state index in [1.54, 1.807) is 14.2 Å². The molecule has 18 heteroatoms. The van der Waals surface area contributed by atoms with Gasteiger partial charge >= 0.3 is 11.9 Å². The molecule has 5 aromatic rings. The summed E-state index contributed by atoms with van der Waals surface area (Å²) in [5.74, 6) is -0.745. The van der Waals surface area contributed by atoms with Crippen LogP contribution in [0.25, 0.3) is 49.2 Å². The lowest BCUT2D eigenvalue weighted by Crippen LogP contribution is -2.18. The number of benzene rings is 5. The first kappa shape index (κ1) is 49.0. The van der Waals surface area contributed by atoms with Gasteiger partial charge in [0.25, 0.3) is 0 Å². The topological polar surface area (TPSA) is 236 Å². The number of aliphatic hydroxyl groups is 2. The van der Waals surface area contributed by atoms with Crippen LogP contribution in [0.5, 0.6) is 11.5 Å². The van der Waals surface area contributed by atoms with Crippen molar-refractivity contribution in [3.63, 3.8) is 0 Å². The van der Waals surface area contributed by atoms with E-state index in [1.165, 1.54) is 19.2 Å². The van der Waals surface area contributed by atoms with Crippen LogP contribution in [-0.4, -0.2) is 141 Å². The van der Waals surface area contributed by atoms with Crippen LogP contribution in [0.2, 0.25) is 0 Å². The Bertz CT molecular complexity index is 2600. The average molecular weight is 907 g/mol. The van der Waals surface area contributed by atoms with E-state index in [0.717, 1.165) is 5.57 Å². The maximum Gasteiger partial charge on any atom is 0.308 e. The summed E-state index contributed by atoms with van der Waals surface area (Å²) >= 11 is 0. The summed E-state index contributed by atoms with van der Waals surface area (Å²) in [6, 6.07) is 2.63. The Kier molecular flexibility index (Phi) is 17.8. The van der Waals surface area contributed by atoms with Crippen molar-refractivity contribution < 1.29 is 67.5 Å². The van der Waals surface area contributed by atoms with Gasteiger partial charge in [0.2, 0.25) is 0 Å². The molecule has 1 aliphatic carbocycles. The van der Waals surface area contributed by atoms with Crippen molar-refractivity contribution in [2.24, 2.45) is 0 Å². The molecule has 352 valence electrons. The van der Waals surface area contributed by atoms with Gasteiger partial charge in [0.15, 0.2) is 16.6 Å². The predicted molar refractivity (Wildman–Crippen MR) is 244 cm³/mol. The summed E-state index contributed by atoms with van der Waals surface area (Å²) in [6.45, 7) is 3.99. The van der Waals surface area contributed by atoms with E-state index in [2.05, 4.69) is 10.6 Å². The number of phenolic OH excluding ortho intramolecular Hbond substituents is 1. The zero-order valence-corrected chi connectivity index (χ0v) is 37.3. The molecular formula is C47H58N2O16. The van der Waals surface area contributed by atoms with E-state index in [0.29, 0.717) is 87.7 Å². The number of methoxy groups -OCH3 is 3. The molecule has 0 amide bonds. The molecular weight excluding hydrogens is 849 g/mol. The first-order valence-corrected chi connectivity index (χ1v) is 21.5. The smallest absolute Gasteiger partial charge is 0.308 e. The first-order chi connectivity index (χ1) is 31.6. The molecule has 5 N–H and O–H groups in total. The average Bonchev–Trinajstić information content (AvgIpc) is 3.44. The van der Waals surface area contributed by atoms with Crippen LogP contribution in [-0.2, 0) is 67.1 Å². The number of esters is 2. The number of fused-ring (bicyclic) bond motifs is 1. The van der Waals surface area contributed by atoms with Gasteiger partial charge in [-0.25, -0.2) is 0 Å². The largest absolute Gasteiger partial charge is 0.505 e. The summed E-state index contributed by atoms with van der Waals surface area (Å²) in [6.07, 6.45) is 2.46. The summed E-state index contributed by atoms with van der Waals surface area (Å²) < 4.78 is 48.6. The SMILES string of the molecule is COCCOCCC(=O)OCCOCCNc1c(O)c2c(=O)cc(CO)c3c4c(CO)cc(=O)c5c(NCCOCCOC(=O)CCOCCOC)c(OC)c6c(c(c1C=C(C)C6)c23)c54. The molecule has 0 aromatic heterocycles. The minimum absolute atomic E-state index is 0.00433. The number of aliphatic hydroxyl groups excluding tert-OH is 2. The highest BCUT2D eigenvalue weighted by Gasteiger charge is 2.32. The lowest BCUT2D eigenvalue weighted by molar-refractivity contribution is -0.147. The van der Waals surface area contributed by atoms with Crippen molar-refractivity contribution in [2.45, 2.75) is 39.4 Å². The van der Waals surface area contributed by atoms with Crippen LogP contribution in [0.1, 0.15) is 42.0 Å². The molecule has 0 saturated heterocycles. The van der Waals surface area contributed by atoms with Crippen LogP contribution >= 0.6 is 0 Å². The second kappa shape index (κ2) is 23.7. The van der Waals surface area contributed by atoms with Gasteiger partial charge in [0.05, 0.1) is 121 Å². The number of anilines is 2. The maximum absolute atomic E-state index is 14.4. The number of carbonyl (C=O) groups excluding carboxylic acids is 2. The number of ether oxygens (including phenoxy) is 9. The summed E-state index contributed by atoms with van der Waals surface area (Å²) in [5.41, 5.74) is 2.41. The van der Waals surface area contributed by atoms with Crippen LogP contribution in [0.3, 0.4) is 0 Å². The number of carbonyl (C=O) groups is 2. The molecule has 0 bridgehead atoms. The Balaban J connectivity index is 1.33. The van der Waals surface area contributed by atoms with E-state index in [1.807, 2.05) is 13.0 Å². The van der Waals surface area contributed by atoms with Gasteiger partial charge in [-0.05, 0) is 52.8 Å². The zero-order valence-electron chi connectivity index (χ0n) is 37.3. The fourth-order valence-corrected chi connectivity index (χ4v) is 8.34. The van der Waals surface area contributed by atoms with Crippen molar-refractivity contribution in [2.75, 3.05) is 124 Å². The number of phenols is 1. The maximum atomic E-state index is 14.4. The predicted octanol–water partition coefficient (Wildman–Crippen LogP) is 3.60. The number of hydrogen-bond acceptors (Lipinski definition) is 18. The molecule has 0 radical (unpaired) electrons. The van der Waals surface area contributed by atoms with Gasteiger partial charge in [-0.15, -0.1) is 0 Å². The lowest BCUT2D eigenvalue weighted by Gasteiger charge is -2.25. The molecule has 5 aromatic carbocycles. The van der Waals surface area contributed by atoms with Crippen molar-refractivity contribution in [1.82, 2.24) is 0 Å². The fraction of sp³-hybridized carbons (Fsp3) is 0.489. The van der Waals surface area contributed by atoms with Crippen LogP contribution in [0.4, 0.5) is 11.4 Å². The third-order valence-corrected chi connectivity index (χ3v) is 11.0. The minimum atomic E-state index is -0.538. The number of aromatic hydroxyl groups is 1. The third kappa shape index (κ3) is 11.0. The van der Waals surface area contributed by atoms with Crippen LogP contribution in [0.15, 0.2) is 27.3 Å². The highest BCUT2D eigenvalue weighted by Crippen LogP contribution is 2.54. The minimum Gasteiger partial charge on any atom is -0.505 e. The quantitative estimate of drug-likeness (QED) is 0.0152. The van der Waals surface area contributed by atoms with Crippen LogP contribution < -0.4 is 26.2 Å². The number of nitrogens with one attached hydrogen (secondary N) is 2. The van der Waals surface area contributed by atoms with Crippen molar-refractivity contribution in [3.8, 4) is 11.5 Å². The molecule has 6 rings (SSSR count). The second-order valence-corrected chi connectivity index (χ2v) is 15.3. The van der Waals surface area contributed by atoms with Gasteiger partial charge in [-0.2, -0.15) is 0 Å². The molecule has 0 spiro atoms. The summed E-state index contributed by atoms with van der Waals surface area (Å²) in [5, 5.41) is 43.5. The van der Waals surface area contributed by atoms with E-state index < -0.39 is 36.0 Å². The first-order valence-electron chi connectivity index (χ1n) is 21.5. The van der Waals surface area contributed by atoms with E-state index in [9.17, 15) is 34.5 Å². The molecule has 0 aliphatic heterocycles. The zero-order chi connectivity index (χ0) is 46.5. The Morgan fingerprint density at radius 2 is 1.08 bits per heavy atom. The summed E-state index contributed by atoms with van der Waals surface area (Å²) in [7, 11) is 4.64. The highest BCUT2D eigenvalue weighted by atomic mass is 16.6. The Morgan fingerprint density at radius 1 is 0.585 bits per heavy atom. The number of allylic oxidation sites excluding steroid dienone is 1. The Hall–Kier alpha value is -5.44. The van der Waals surface area contributed by atoms with Gasteiger partial charge in [0, 0.05) is 54.6 Å². The molecule has 0 heterocycles. The van der Waals surface area contributed by atoms with E-state index in [4.69, 9.17) is 42.6 Å². The molecule has 0 unspecified atom stereocenters. The lowest BCUT2D eigenvalue weighted by atomic mass is 9.81.